The van der Waals surface area contributed by atoms with Gasteiger partial charge < -0.3 is 5.73 Å². The largest absolute Gasteiger partial charge is 0.399 e. The van der Waals surface area contributed by atoms with Gasteiger partial charge in [-0.15, -0.1) is 0 Å². The zero-order valence-corrected chi connectivity index (χ0v) is 13.0. The molecule has 2 aromatic rings. The summed E-state index contributed by atoms with van der Waals surface area (Å²) in [6, 6.07) is 11.6. The van der Waals surface area contributed by atoms with Crippen molar-refractivity contribution in [1.29, 1.82) is 0 Å². The lowest BCUT2D eigenvalue weighted by molar-refractivity contribution is 0.595. The van der Waals surface area contributed by atoms with E-state index in [4.69, 9.17) is 17.3 Å². The standard InChI is InChI=1S/C13H11BrClNO2S/c14-10-3-1-2-9(6-10)8-19(17,18)13-7-11(16)4-5-12(13)15/h1-7H,8,16H2. The fraction of sp³-hybridized carbons (Fsp3) is 0.0769. The Bertz CT molecular complexity index is 716. The third kappa shape index (κ3) is 3.49. The number of benzene rings is 2. The average Bonchev–Trinajstić information content (AvgIpc) is 2.31. The first kappa shape index (κ1) is 14.4. The first-order valence-corrected chi connectivity index (χ1v) is 8.23. The molecule has 0 radical (unpaired) electrons. The van der Waals surface area contributed by atoms with Crippen LogP contribution in [-0.4, -0.2) is 8.42 Å². The highest BCUT2D eigenvalue weighted by Gasteiger charge is 2.19. The van der Waals surface area contributed by atoms with Gasteiger partial charge in [0.25, 0.3) is 0 Å². The van der Waals surface area contributed by atoms with Gasteiger partial charge in [0.1, 0.15) is 0 Å². The molecule has 100 valence electrons. The monoisotopic (exact) mass is 359 g/mol. The van der Waals surface area contributed by atoms with E-state index in [-0.39, 0.29) is 15.7 Å². The van der Waals surface area contributed by atoms with Crippen molar-refractivity contribution in [3.63, 3.8) is 0 Å². The Labute approximate surface area is 125 Å². The van der Waals surface area contributed by atoms with Gasteiger partial charge in [0.2, 0.25) is 0 Å². The molecule has 0 unspecified atom stereocenters. The minimum Gasteiger partial charge on any atom is -0.399 e. The zero-order chi connectivity index (χ0) is 14.0. The maximum atomic E-state index is 12.3. The molecule has 0 atom stereocenters. The summed E-state index contributed by atoms with van der Waals surface area (Å²) in [6.45, 7) is 0. The van der Waals surface area contributed by atoms with Crippen LogP contribution >= 0.6 is 27.5 Å². The Balaban J connectivity index is 2.40. The third-order valence-corrected chi connectivity index (χ3v) is 5.19. The molecule has 6 heteroatoms. The molecular weight excluding hydrogens is 350 g/mol. The van der Waals surface area contributed by atoms with E-state index in [0.717, 1.165) is 4.47 Å². The van der Waals surface area contributed by atoms with Crippen LogP contribution in [0.15, 0.2) is 51.8 Å². The Kier molecular flexibility index (Phi) is 4.18. The molecule has 0 aliphatic carbocycles. The van der Waals surface area contributed by atoms with Crippen LogP contribution < -0.4 is 5.73 Å². The molecule has 3 nitrogen and oxygen atoms in total. The summed E-state index contributed by atoms with van der Waals surface area (Å²) in [6.07, 6.45) is 0. The maximum Gasteiger partial charge on any atom is 0.184 e. The summed E-state index contributed by atoms with van der Waals surface area (Å²) < 4.78 is 25.5. The number of halogens is 2. The van der Waals surface area contributed by atoms with Crippen LogP contribution in [0.1, 0.15) is 5.56 Å². The Morgan fingerprint density at radius 2 is 1.89 bits per heavy atom. The fourth-order valence-electron chi connectivity index (χ4n) is 1.68. The van der Waals surface area contributed by atoms with Crippen LogP contribution in [0.2, 0.25) is 5.02 Å². The molecule has 2 aromatic carbocycles. The third-order valence-electron chi connectivity index (χ3n) is 2.54. The van der Waals surface area contributed by atoms with E-state index in [9.17, 15) is 8.42 Å². The van der Waals surface area contributed by atoms with Crippen molar-refractivity contribution in [1.82, 2.24) is 0 Å². The molecule has 0 aromatic heterocycles. The number of nitrogen functional groups attached to an aromatic ring is 1. The van der Waals surface area contributed by atoms with Crippen molar-refractivity contribution in [2.45, 2.75) is 10.6 Å². The van der Waals surface area contributed by atoms with Crippen molar-refractivity contribution in [3.05, 3.63) is 57.5 Å². The van der Waals surface area contributed by atoms with Crippen LogP contribution in [0.3, 0.4) is 0 Å². The molecule has 0 fully saturated rings. The summed E-state index contributed by atoms with van der Waals surface area (Å²) >= 11 is 9.25. The smallest absolute Gasteiger partial charge is 0.184 e. The second-order valence-electron chi connectivity index (χ2n) is 4.08. The molecule has 19 heavy (non-hydrogen) atoms. The minimum atomic E-state index is -3.52. The second-order valence-corrected chi connectivity index (χ2v) is 7.36. The first-order valence-electron chi connectivity index (χ1n) is 5.41. The number of hydrogen-bond acceptors (Lipinski definition) is 3. The van der Waals surface area contributed by atoms with Crippen LogP contribution in [-0.2, 0) is 15.6 Å². The summed E-state index contributed by atoms with van der Waals surface area (Å²) in [5.74, 6) is -0.115. The van der Waals surface area contributed by atoms with Crippen LogP contribution in [0.4, 0.5) is 5.69 Å². The number of rotatable bonds is 3. The summed E-state index contributed by atoms with van der Waals surface area (Å²) in [7, 11) is -3.52. The predicted molar refractivity (Wildman–Crippen MR) is 80.9 cm³/mol. The Morgan fingerprint density at radius 1 is 1.16 bits per heavy atom. The molecule has 0 saturated carbocycles. The molecule has 0 bridgehead atoms. The Morgan fingerprint density at radius 3 is 2.58 bits per heavy atom. The molecular formula is C13H11BrClNO2S. The first-order chi connectivity index (χ1) is 8.88. The highest BCUT2D eigenvalue weighted by Crippen LogP contribution is 2.27. The van der Waals surface area contributed by atoms with Crippen LogP contribution in [0.5, 0.6) is 0 Å². The number of sulfone groups is 1. The lowest BCUT2D eigenvalue weighted by atomic mass is 10.2. The number of nitrogens with two attached hydrogens (primary N) is 1. The summed E-state index contributed by atoms with van der Waals surface area (Å²) in [5, 5.41) is 0.184. The second kappa shape index (κ2) is 5.53. The Hall–Kier alpha value is -1.04. The number of hydrogen-bond donors (Lipinski definition) is 1. The molecule has 0 heterocycles. The van der Waals surface area contributed by atoms with Crippen LogP contribution in [0, 0.1) is 0 Å². The van der Waals surface area contributed by atoms with Gasteiger partial charge in [-0.2, -0.15) is 0 Å². The van der Waals surface area contributed by atoms with Gasteiger partial charge in [0, 0.05) is 10.2 Å². The van der Waals surface area contributed by atoms with Crippen molar-refractivity contribution < 1.29 is 8.42 Å². The molecule has 0 saturated heterocycles. The van der Waals surface area contributed by atoms with Gasteiger partial charge in [-0.1, -0.05) is 39.7 Å². The van der Waals surface area contributed by atoms with Gasteiger partial charge in [-0.05, 0) is 35.9 Å². The van der Waals surface area contributed by atoms with Gasteiger partial charge in [0.05, 0.1) is 15.7 Å². The highest BCUT2D eigenvalue weighted by atomic mass is 79.9. The normalized spacial score (nSPS) is 11.5. The topological polar surface area (TPSA) is 60.2 Å². The van der Waals surface area contributed by atoms with E-state index in [1.54, 1.807) is 24.3 Å². The molecule has 0 aliphatic rings. The fourth-order valence-corrected chi connectivity index (χ4v) is 4.05. The van der Waals surface area contributed by atoms with E-state index in [1.165, 1.54) is 12.1 Å². The van der Waals surface area contributed by atoms with Crippen molar-refractivity contribution in [2.24, 2.45) is 0 Å². The molecule has 0 spiro atoms. The van der Waals surface area contributed by atoms with Gasteiger partial charge in [0.15, 0.2) is 9.84 Å². The zero-order valence-electron chi connectivity index (χ0n) is 9.81. The van der Waals surface area contributed by atoms with Crippen molar-refractivity contribution in [2.75, 3.05) is 5.73 Å². The average molecular weight is 361 g/mol. The van der Waals surface area contributed by atoms with E-state index in [1.807, 2.05) is 6.07 Å². The predicted octanol–water partition coefficient (Wildman–Crippen LogP) is 3.66. The summed E-state index contributed by atoms with van der Waals surface area (Å²) in [4.78, 5) is 0.0640. The van der Waals surface area contributed by atoms with E-state index < -0.39 is 9.84 Å². The van der Waals surface area contributed by atoms with Gasteiger partial charge >= 0.3 is 0 Å². The highest BCUT2D eigenvalue weighted by molar-refractivity contribution is 9.10. The lowest BCUT2D eigenvalue weighted by Gasteiger charge is -2.08. The molecule has 0 amide bonds. The van der Waals surface area contributed by atoms with E-state index >= 15 is 0 Å². The quantitative estimate of drug-likeness (QED) is 0.850. The minimum absolute atomic E-state index is 0.0640. The SMILES string of the molecule is Nc1ccc(Cl)c(S(=O)(=O)Cc2cccc(Br)c2)c1. The van der Waals surface area contributed by atoms with Gasteiger partial charge in [-0.3, -0.25) is 0 Å². The van der Waals surface area contributed by atoms with E-state index in [0.29, 0.717) is 11.3 Å². The van der Waals surface area contributed by atoms with Crippen molar-refractivity contribution in [3.8, 4) is 0 Å². The molecule has 2 rings (SSSR count). The molecule has 0 aliphatic heterocycles. The number of anilines is 1. The lowest BCUT2D eigenvalue weighted by Crippen LogP contribution is -2.06. The molecule has 2 N–H and O–H groups in total. The van der Waals surface area contributed by atoms with Crippen LogP contribution in [0.25, 0.3) is 0 Å². The maximum absolute atomic E-state index is 12.3. The summed E-state index contributed by atoms with van der Waals surface area (Å²) in [5.41, 5.74) is 6.67. The van der Waals surface area contributed by atoms with Crippen molar-refractivity contribution >= 4 is 43.1 Å². The van der Waals surface area contributed by atoms with Gasteiger partial charge in [-0.25, -0.2) is 8.42 Å². The van der Waals surface area contributed by atoms with E-state index in [2.05, 4.69) is 15.9 Å².